The molecule has 19 heavy (non-hydrogen) atoms. The van der Waals surface area contributed by atoms with Gasteiger partial charge in [0, 0.05) is 29.8 Å². The van der Waals surface area contributed by atoms with Crippen molar-refractivity contribution < 1.29 is 4.79 Å². The number of carbonyl (C=O) groups excluding carboxylic acids is 1. The first-order valence-electron chi connectivity index (χ1n) is 6.71. The van der Waals surface area contributed by atoms with Crippen LogP contribution in [0.25, 0.3) is 10.8 Å². The zero-order valence-corrected chi connectivity index (χ0v) is 11.0. The van der Waals surface area contributed by atoms with E-state index in [0.717, 1.165) is 42.5 Å². The predicted molar refractivity (Wildman–Crippen MR) is 75.2 cm³/mol. The average Bonchev–Trinajstić information content (AvgIpc) is 2.47. The van der Waals surface area contributed by atoms with E-state index in [0.29, 0.717) is 5.78 Å². The van der Waals surface area contributed by atoms with E-state index in [-0.39, 0.29) is 5.92 Å². The van der Waals surface area contributed by atoms with Gasteiger partial charge in [-0.05, 0) is 19.8 Å². The number of hydrogen-bond acceptors (Lipinski definition) is 4. The summed E-state index contributed by atoms with van der Waals surface area (Å²) in [7, 11) is 0. The van der Waals surface area contributed by atoms with Crippen LogP contribution < -0.4 is 4.90 Å². The molecule has 0 bridgehead atoms. The number of benzene rings is 1. The van der Waals surface area contributed by atoms with Gasteiger partial charge in [0.25, 0.3) is 0 Å². The average molecular weight is 255 g/mol. The molecule has 0 atom stereocenters. The minimum Gasteiger partial charge on any atom is -0.355 e. The molecule has 0 saturated carbocycles. The number of carbonyl (C=O) groups is 1. The summed E-state index contributed by atoms with van der Waals surface area (Å²) in [6.07, 6.45) is 3.63. The number of rotatable bonds is 2. The van der Waals surface area contributed by atoms with Crippen molar-refractivity contribution >= 4 is 22.4 Å². The Kier molecular flexibility index (Phi) is 3.15. The van der Waals surface area contributed by atoms with Crippen LogP contribution in [0.5, 0.6) is 0 Å². The third kappa shape index (κ3) is 2.30. The molecule has 0 unspecified atom stereocenters. The highest BCUT2D eigenvalue weighted by atomic mass is 16.1. The maximum absolute atomic E-state index is 11.4. The van der Waals surface area contributed by atoms with Gasteiger partial charge in [-0.25, -0.2) is 0 Å². The molecule has 1 aliphatic heterocycles. The zero-order chi connectivity index (χ0) is 13.2. The minimum atomic E-state index is 0.221. The molecule has 0 spiro atoms. The second-order valence-electron chi connectivity index (χ2n) is 5.13. The van der Waals surface area contributed by atoms with Crippen LogP contribution in [0.15, 0.2) is 30.5 Å². The number of ketones is 1. The number of aromatic nitrogens is 2. The van der Waals surface area contributed by atoms with Crippen LogP contribution in [0, 0.1) is 5.92 Å². The van der Waals surface area contributed by atoms with Crippen molar-refractivity contribution in [3.8, 4) is 0 Å². The van der Waals surface area contributed by atoms with Gasteiger partial charge in [-0.1, -0.05) is 24.3 Å². The summed E-state index contributed by atoms with van der Waals surface area (Å²) in [5.74, 6) is 1.47. The second-order valence-corrected chi connectivity index (χ2v) is 5.13. The monoisotopic (exact) mass is 255 g/mol. The Morgan fingerprint density at radius 1 is 1.26 bits per heavy atom. The Hall–Kier alpha value is -1.97. The molecule has 1 aliphatic rings. The Morgan fingerprint density at radius 2 is 2.00 bits per heavy atom. The van der Waals surface area contributed by atoms with Crippen LogP contribution in [0.2, 0.25) is 0 Å². The maximum atomic E-state index is 11.4. The number of fused-ring (bicyclic) bond motifs is 1. The number of hydrogen-bond donors (Lipinski definition) is 0. The summed E-state index contributed by atoms with van der Waals surface area (Å²) in [6.45, 7) is 3.46. The third-order valence-electron chi connectivity index (χ3n) is 3.92. The standard InChI is InChI=1S/C15H17N3O/c1-11(19)12-6-8-18(9-7-12)15-14-5-3-2-4-13(14)10-16-17-15/h2-5,10,12H,6-9H2,1H3. The molecule has 2 heterocycles. The molecule has 1 saturated heterocycles. The maximum Gasteiger partial charge on any atom is 0.159 e. The van der Waals surface area contributed by atoms with E-state index in [1.54, 1.807) is 13.1 Å². The molecule has 3 rings (SSSR count). The van der Waals surface area contributed by atoms with E-state index < -0.39 is 0 Å². The molecule has 4 nitrogen and oxygen atoms in total. The molecule has 4 heteroatoms. The Bertz CT molecular complexity index is 598. The SMILES string of the molecule is CC(=O)C1CCN(c2nncc3ccccc23)CC1. The molecule has 2 aromatic rings. The lowest BCUT2D eigenvalue weighted by molar-refractivity contribution is -0.121. The smallest absolute Gasteiger partial charge is 0.159 e. The van der Waals surface area contributed by atoms with E-state index in [4.69, 9.17) is 0 Å². The van der Waals surface area contributed by atoms with E-state index in [2.05, 4.69) is 27.2 Å². The van der Waals surface area contributed by atoms with Crippen molar-refractivity contribution in [2.45, 2.75) is 19.8 Å². The summed E-state index contributed by atoms with van der Waals surface area (Å²) in [5, 5.41) is 10.6. The number of nitrogens with zero attached hydrogens (tertiary/aromatic N) is 3. The molecule has 1 aromatic carbocycles. The summed E-state index contributed by atoms with van der Waals surface area (Å²) in [4.78, 5) is 13.7. The fourth-order valence-electron chi connectivity index (χ4n) is 2.74. The number of piperidine rings is 1. The van der Waals surface area contributed by atoms with Crippen molar-refractivity contribution in [3.05, 3.63) is 30.5 Å². The van der Waals surface area contributed by atoms with Gasteiger partial charge in [-0.3, -0.25) is 4.79 Å². The zero-order valence-electron chi connectivity index (χ0n) is 11.0. The second kappa shape index (κ2) is 4.96. The first kappa shape index (κ1) is 12.1. The summed E-state index contributed by atoms with van der Waals surface area (Å²) >= 11 is 0. The fourth-order valence-corrected chi connectivity index (χ4v) is 2.74. The van der Waals surface area contributed by atoms with Crippen molar-refractivity contribution in [1.82, 2.24) is 10.2 Å². The highest BCUT2D eigenvalue weighted by Gasteiger charge is 2.24. The van der Waals surface area contributed by atoms with E-state index in [9.17, 15) is 4.79 Å². The third-order valence-corrected chi connectivity index (χ3v) is 3.92. The molecular formula is C15H17N3O. The molecule has 0 radical (unpaired) electrons. The van der Waals surface area contributed by atoms with Gasteiger partial charge in [0.1, 0.15) is 5.78 Å². The molecule has 98 valence electrons. The van der Waals surface area contributed by atoms with Crippen LogP contribution in [0.3, 0.4) is 0 Å². The summed E-state index contributed by atoms with van der Waals surface area (Å²) in [6, 6.07) is 8.16. The Morgan fingerprint density at radius 3 is 2.74 bits per heavy atom. The molecule has 0 N–H and O–H groups in total. The normalized spacial score (nSPS) is 16.8. The first-order chi connectivity index (χ1) is 9.25. The number of anilines is 1. The lowest BCUT2D eigenvalue weighted by Gasteiger charge is -2.31. The van der Waals surface area contributed by atoms with Gasteiger partial charge in [0.15, 0.2) is 5.82 Å². The van der Waals surface area contributed by atoms with Gasteiger partial charge in [0.2, 0.25) is 0 Å². The predicted octanol–water partition coefficient (Wildman–Crippen LogP) is 2.44. The van der Waals surface area contributed by atoms with Crippen molar-refractivity contribution in [1.29, 1.82) is 0 Å². The minimum absolute atomic E-state index is 0.221. The topological polar surface area (TPSA) is 46.1 Å². The van der Waals surface area contributed by atoms with Crippen LogP contribution in [-0.4, -0.2) is 29.1 Å². The van der Waals surface area contributed by atoms with Crippen molar-refractivity contribution in [2.24, 2.45) is 5.92 Å². The Balaban J connectivity index is 1.88. The summed E-state index contributed by atoms with van der Waals surface area (Å²) < 4.78 is 0. The first-order valence-corrected chi connectivity index (χ1v) is 6.71. The quantitative estimate of drug-likeness (QED) is 0.827. The van der Waals surface area contributed by atoms with Gasteiger partial charge >= 0.3 is 0 Å². The number of Topliss-reactive ketones (excluding diaryl/α,β-unsaturated/α-hetero) is 1. The largest absolute Gasteiger partial charge is 0.355 e. The lowest BCUT2D eigenvalue weighted by atomic mass is 9.93. The Labute approximate surface area is 112 Å². The van der Waals surface area contributed by atoms with E-state index >= 15 is 0 Å². The van der Waals surface area contributed by atoms with E-state index in [1.807, 2.05) is 12.1 Å². The van der Waals surface area contributed by atoms with E-state index in [1.165, 1.54) is 0 Å². The van der Waals surface area contributed by atoms with Crippen molar-refractivity contribution in [3.63, 3.8) is 0 Å². The molecule has 1 fully saturated rings. The van der Waals surface area contributed by atoms with Gasteiger partial charge in [-0.2, -0.15) is 5.10 Å². The lowest BCUT2D eigenvalue weighted by Crippen LogP contribution is -2.36. The summed E-state index contributed by atoms with van der Waals surface area (Å²) in [5.41, 5.74) is 0. The van der Waals surface area contributed by atoms with Gasteiger partial charge in [0.05, 0.1) is 6.20 Å². The van der Waals surface area contributed by atoms with Gasteiger partial charge < -0.3 is 4.90 Å². The fraction of sp³-hybridized carbons (Fsp3) is 0.400. The van der Waals surface area contributed by atoms with Gasteiger partial charge in [-0.15, -0.1) is 5.10 Å². The molecule has 1 aromatic heterocycles. The highest BCUT2D eigenvalue weighted by molar-refractivity contribution is 5.91. The van der Waals surface area contributed by atoms with Crippen LogP contribution in [-0.2, 0) is 4.79 Å². The molecule has 0 amide bonds. The van der Waals surface area contributed by atoms with Crippen LogP contribution in [0.4, 0.5) is 5.82 Å². The van der Waals surface area contributed by atoms with Crippen LogP contribution >= 0.6 is 0 Å². The van der Waals surface area contributed by atoms with Crippen LogP contribution in [0.1, 0.15) is 19.8 Å². The molecule has 0 aliphatic carbocycles. The highest BCUT2D eigenvalue weighted by Crippen LogP contribution is 2.27. The molecular weight excluding hydrogens is 238 g/mol. The van der Waals surface area contributed by atoms with Crippen molar-refractivity contribution in [2.75, 3.05) is 18.0 Å².